The topological polar surface area (TPSA) is 67.4 Å². The largest absolute Gasteiger partial charge is 0.453 e. The molecule has 92 valence electrons. The molecule has 0 atom stereocenters. The molecule has 0 saturated heterocycles. The fourth-order valence-corrected chi connectivity index (χ4v) is 1.47. The lowest BCUT2D eigenvalue weighted by Gasteiger charge is -2.07. The highest BCUT2D eigenvalue weighted by Crippen LogP contribution is 2.25. The zero-order valence-electron chi connectivity index (χ0n) is 8.92. The van der Waals surface area contributed by atoms with Crippen molar-refractivity contribution >= 4 is 40.9 Å². The molecule has 1 rings (SSSR count). The fourth-order valence-electron chi connectivity index (χ4n) is 1.01. The summed E-state index contributed by atoms with van der Waals surface area (Å²) in [5.74, 6) is -0.417. The summed E-state index contributed by atoms with van der Waals surface area (Å²) in [6.07, 6.45) is -0.678. The number of hydrogen-bond donors (Lipinski definition) is 2. The number of rotatable bonds is 3. The van der Waals surface area contributed by atoms with Crippen LogP contribution in [0.1, 0.15) is 0 Å². The maximum atomic E-state index is 11.4. The van der Waals surface area contributed by atoms with Gasteiger partial charge in [-0.05, 0) is 18.2 Å². The van der Waals surface area contributed by atoms with E-state index in [9.17, 15) is 9.59 Å². The summed E-state index contributed by atoms with van der Waals surface area (Å²) in [7, 11) is 1.21. The first-order valence-corrected chi connectivity index (χ1v) is 5.35. The minimum absolute atomic E-state index is 0.203. The molecule has 0 unspecified atom stereocenters. The van der Waals surface area contributed by atoms with Crippen molar-refractivity contribution in [2.75, 3.05) is 19.0 Å². The number of hydrogen-bond acceptors (Lipinski definition) is 3. The molecular weight excluding hydrogens is 267 g/mol. The monoisotopic (exact) mass is 276 g/mol. The molecule has 0 spiro atoms. The number of halogens is 2. The van der Waals surface area contributed by atoms with Gasteiger partial charge in [0.1, 0.15) is 6.54 Å². The molecule has 2 amide bonds. The van der Waals surface area contributed by atoms with Crippen molar-refractivity contribution in [1.82, 2.24) is 5.32 Å². The number of carbonyl (C=O) groups is 2. The highest BCUT2D eigenvalue weighted by molar-refractivity contribution is 6.36. The van der Waals surface area contributed by atoms with Crippen LogP contribution in [0, 0.1) is 0 Å². The van der Waals surface area contributed by atoms with E-state index in [2.05, 4.69) is 15.4 Å². The molecule has 0 saturated carbocycles. The third-order valence-corrected chi connectivity index (χ3v) is 2.33. The lowest BCUT2D eigenvalue weighted by atomic mass is 10.3. The van der Waals surface area contributed by atoms with Crippen LogP contribution >= 0.6 is 23.2 Å². The summed E-state index contributed by atoms with van der Waals surface area (Å²) in [5.41, 5.74) is 0.424. The van der Waals surface area contributed by atoms with E-state index in [0.29, 0.717) is 15.7 Å². The molecule has 5 nitrogen and oxygen atoms in total. The highest BCUT2D eigenvalue weighted by atomic mass is 35.5. The van der Waals surface area contributed by atoms with Gasteiger partial charge in [-0.2, -0.15) is 0 Å². The molecule has 7 heteroatoms. The lowest BCUT2D eigenvalue weighted by molar-refractivity contribution is -0.115. The third kappa shape index (κ3) is 4.50. The smallest absolute Gasteiger partial charge is 0.407 e. The van der Waals surface area contributed by atoms with Crippen LogP contribution in [0.25, 0.3) is 0 Å². The Bertz CT molecular complexity index is 438. The van der Waals surface area contributed by atoms with Crippen LogP contribution in [0.2, 0.25) is 10.0 Å². The second-order valence-corrected chi connectivity index (χ2v) is 3.86. The minimum atomic E-state index is -0.678. The Morgan fingerprint density at radius 1 is 1.35 bits per heavy atom. The van der Waals surface area contributed by atoms with Crippen LogP contribution in [0.3, 0.4) is 0 Å². The van der Waals surface area contributed by atoms with Crippen LogP contribution in [0.4, 0.5) is 10.5 Å². The molecule has 0 radical (unpaired) electrons. The standard InChI is InChI=1S/C10H10Cl2N2O3/c1-17-10(16)13-5-9(15)14-8-3-2-6(11)4-7(8)12/h2-4H,5H2,1H3,(H,13,16)(H,14,15). The summed E-state index contributed by atoms with van der Waals surface area (Å²) < 4.78 is 4.32. The average molecular weight is 277 g/mol. The predicted octanol–water partition coefficient (Wildman–Crippen LogP) is 2.29. The van der Waals surface area contributed by atoms with E-state index < -0.39 is 12.0 Å². The molecule has 0 aliphatic carbocycles. The summed E-state index contributed by atoms with van der Waals surface area (Å²) >= 11 is 11.6. The van der Waals surface area contributed by atoms with E-state index in [1.807, 2.05) is 0 Å². The lowest BCUT2D eigenvalue weighted by Crippen LogP contribution is -2.32. The van der Waals surface area contributed by atoms with Crippen LogP contribution in [0.5, 0.6) is 0 Å². The summed E-state index contributed by atoms with van der Waals surface area (Å²) in [4.78, 5) is 22.1. The van der Waals surface area contributed by atoms with Crippen molar-refractivity contribution in [2.45, 2.75) is 0 Å². The van der Waals surface area contributed by atoms with Crippen molar-refractivity contribution in [3.8, 4) is 0 Å². The summed E-state index contributed by atoms with van der Waals surface area (Å²) in [6.45, 7) is -0.203. The van der Waals surface area contributed by atoms with E-state index in [-0.39, 0.29) is 6.54 Å². The molecule has 0 heterocycles. The predicted molar refractivity (Wildman–Crippen MR) is 65.5 cm³/mol. The SMILES string of the molecule is COC(=O)NCC(=O)Nc1ccc(Cl)cc1Cl. The number of benzene rings is 1. The normalized spacial score (nSPS) is 9.59. The van der Waals surface area contributed by atoms with E-state index in [1.165, 1.54) is 13.2 Å². The van der Waals surface area contributed by atoms with Gasteiger partial charge in [-0.15, -0.1) is 0 Å². The van der Waals surface area contributed by atoms with Crippen molar-refractivity contribution in [3.63, 3.8) is 0 Å². The Kier molecular flexibility index (Phi) is 5.06. The van der Waals surface area contributed by atoms with Crippen molar-refractivity contribution in [3.05, 3.63) is 28.2 Å². The molecule has 0 aliphatic heterocycles. The molecule has 0 aliphatic rings. The zero-order valence-corrected chi connectivity index (χ0v) is 10.4. The maximum absolute atomic E-state index is 11.4. The first-order chi connectivity index (χ1) is 8.02. The maximum Gasteiger partial charge on any atom is 0.407 e. The molecule has 0 aromatic heterocycles. The van der Waals surface area contributed by atoms with Gasteiger partial charge < -0.3 is 15.4 Å². The molecule has 0 fully saturated rings. The van der Waals surface area contributed by atoms with Gasteiger partial charge in [0, 0.05) is 5.02 Å². The number of methoxy groups -OCH3 is 1. The Labute approximate surface area is 108 Å². The molecule has 17 heavy (non-hydrogen) atoms. The Morgan fingerprint density at radius 2 is 2.06 bits per heavy atom. The van der Waals surface area contributed by atoms with E-state index in [0.717, 1.165) is 0 Å². The average Bonchev–Trinajstić information content (AvgIpc) is 2.29. The van der Waals surface area contributed by atoms with Crippen LogP contribution in [-0.4, -0.2) is 25.7 Å². The number of carbonyl (C=O) groups excluding carboxylic acids is 2. The van der Waals surface area contributed by atoms with Gasteiger partial charge in [-0.25, -0.2) is 4.79 Å². The van der Waals surface area contributed by atoms with Gasteiger partial charge in [-0.3, -0.25) is 4.79 Å². The van der Waals surface area contributed by atoms with Gasteiger partial charge >= 0.3 is 6.09 Å². The van der Waals surface area contributed by atoms with Crippen molar-refractivity contribution in [2.24, 2.45) is 0 Å². The molecule has 0 bridgehead atoms. The van der Waals surface area contributed by atoms with Gasteiger partial charge in [0.25, 0.3) is 0 Å². The van der Waals surface area contributed by atoms with E-state index in [1.54, 1.807) is 12.1 Å². The summed E-state index contributed by atoms with van der Waals surface area (Å²) in [6, 6.07) is 4.67. The Hall–Kier alpha value is -1.46. The number of ether oxygens (including phenoxy) is 1. The van der Waals surface area contributed by atoms with Crippen LogP contribution in [0.15, 0.2) is 18.2 Å². The number of amides is 2. The molecule has 2 N–H and O–H groups in total. The van der Waals surface area contributed by atoms with E-state index in [4.69, 9.17) is 23.2 Å². The second kappa shape index (κ2) is 6.32. The van der Waals surface area contributed by atoms with Gasteiger partial charge in [-0.1, -0.05) is 23.2 Å². The van der Waals surface area contributed by atoms with Crippen LogP contribution in [-0.2, 0) is 9.53 Å². The minimum Gasteiger partial charge on any atom is -0.453 e. The first kappa shape index (κ1) is 13.6. The fraction of sp³-hybridized carbons (Fsp3) is 0.200. The van der Waals surface area contributed by atoms with Gasteiger partial charge in [0.05, 0.1) is 17.8 Å². The second-order valence-electron chi connectivity index (χ2n) is 3.02. The third-order valence-electron chi connectivity index (χ3n) is 1.78. The summed E-state index contributed by atoms with van der Waals surface area (Å²) in [5, 5.41) is 5.55. The van der Waals surface area contributed by atoms with Gasteiger partial charge in [0.15, 0.2) is 0 Å². The quantitative estimate of drug-likeness (QED) is 0.890. The van der Waals surface area contributed by atoms with E-state index >= 15 is 0 Å². The molecule has 1 aromatic rings. The zero-order chi connectivity index (χ0) is 12.8. The number of alkyl carbamates (subject to hydrolysis) is 1. The first-order valence-electron chi connectivity index (χ1n) is 4.59. The van der Waals surface area contributed by atoms with Gasteiger partial charge in [0.2, 0.25) is 5.91 Å². The highest BCUT2D eigenvalue weighted by Gasteiger charge is 2.07. The van der Waals surface area contributed by atoms with Crippen molar-refractivity contribution in [1.29, 1.82) is 0 Å². The molecular formula is C10H10Cl2N2O3. The number of nitrogens with one attached hydrogen (secondary N) is 2. The van der Waals surface area contributed by atoms with Crippen LogP contribution < -0.4 is 10.6 Å². The Morgan fingerprint density at radius 3 is 2.65 bits per heavy atom. The molecule has 1 aromatic carbocycles. The number of anilines is 1. The Balaban J connectivity index is 2.53. The van der Waals surface area contributed by atoms with Crippen molar-refractivity contribution < 1.29 is 14.3 Å².